The van der Waals surface area contributed by atoms with Crippen LogP contribution in [0.4, 0.5) is 11.4 Å². The summed E-state index contributed by atoms with van der Waals surface area (Å²) in [4.78, 5) is 27.7. The van der Waals surface area contributed by atoms with Crippen LogP contribution in [-0.4, -0.2) is 43.9 Å². The fourth-order valence-electron chi connectivity index (χ4n) is 2.68. The molecule has 1 N–H and O–H groups in total. The van der Waals surface area contributed by atoms with Crippen molar-refractivity contribution in [1.29, 1.82) is 0 Å². The SMILES string of the molecule is CCN(CC(=O)Nc1cccc(CCC(=O)N(C)C)c1)c1ccccc1. The van der Waals surface area contributed by atoms with Gasteiger partial charge in [-0.05, 0) is 43.2 Å². The van der Waals surface area contributed by atoms with Crippen molar-refractivity contribution in [3.63, 3.8) is 0 Å². The summed E-state index contributed by atoms with van der Waals surface area (Å²) in [5, 5.41) is 2.95. The minimum Gasteiger partial charge on any atom is -0.362 e. The van der Waals surface area contributed by atoms with E-state index in [0.717, 1.165) is 23.5 Å². The molecule has 2 rings (SSSR count). The number of aryl methyl sites for hydroxylation is 1. The minimum atomic E-state index is -0.0581. The molecule has 0 aliphatic rings. The smallest absolute Gasteiger partial charge is 0.243 e. The van der Waals surface area contributed by atoms with Crippen molar-refractivity contribution in [2.45, 2.75) is 19.8 Å². The van der Waals surface area contributed by atoms with E-state index in [1.807, 2.05) is 66.4 Å². The van der Waals surface area contributed by atoms with Gasteiger partial charge in [0, 0.05) is 38.4 Å². The summed E-state index contributed by atoms with van der Waals surface area (Å²) in [6.45, 7) is 3.08. The zero-order valence-electron chi connectivity index (χ0n) is 15.7. The number of nitrogens with zero attached hydrogens (tertiary/aromatic N) is 2. The van der Waals surface area contributed by atoms with Gasteiger partial charge in [-0.15, -0.1) is 0 Å². The molecular weight excluding hydrogens is 326 g/mol. The average Bonchev–Trinajstić information content (AvgIpc) is 2.65. The molecule has 0 saturated carbocycles. The van der Waals surface area contributed by atoms with Crippen LogP contribution in [0.1, 0.15) is 18.9 Å². The van der Waals surface area contributed by atoms with Gasteiger partial charge in [0.2, 0.25) is 11.8 Å². The Morgan fingerprint density at radius 3 is 2.38 bits per heavy atom. The van der Waals surface area contributed by atoms with Crippen LogP contribution >= 0.6 is 0 Å². The lowest BCUT2D eigenvalue weighted by Crippen LogP contribution is -2.33. The highest BCUT2D eigenvalue weighted by molar-refractivity contribution is 5.94. The maximum Gasteiger partial charge on any atom is 0.243 e. The standard InChI is InChI=1S/C21H27N3O2/c1-4-24(19-11-6-5-7-12-19)16-20(25)22-18-10-8-9-17(15-18)13-14-21(26)23(2)3/h5-12,15H,4,13-14,16H2,1-3H3,(H,22,25). The second-order valence-electron chi connectivity index (χ2n) is 6.39. The van der Waals surface area contributed by atoms with E-state index in [9.17, 15) is 9.59 Å². The van der Waals surface area contributed by atoms with Crippen LogP contribution in [0.25, 0.3) is 0 Å². The molecule has 138 valence electrons. The molecule has 0 bridgehead atoms. The third-order valence-corrected chi connectivity index (χ3v) is 4.17. The lowest BCUT2D eigenvalue weighted by Gasteiger charge is -2.22. The predicted octanol–water partition coefficient (Wildman–Crippen LogP) is 3.17. The van der Waals surface area contributed by atoms with E-state index in [2.05, 4.69) is 5.32 Å². The van der Waals surface area contributed by atoms with Gasteiger partial charge in [-0.3, -0.25) is 9.59 Å². The van der Waals surface area contributed by atoms with Crippen LogP contribution in [0.3, 0.4) is 0 Å². The topological polar surface area (TPSA) is 52.7 Å². The van der Waals surface area contributed by atoms with Crippen molar-refractivity contribution in [2.24, 2.45) is 0 Å². The van der Waals surface area contributed by atoms with E-state index in [-0.39, 0.29) is 11.8 Å². The average molecular weight is 353 g/mol. The summed E-state index contributed by atoms with van der Waals surface area (Å²) >= 11 is 0. The molecule has 0 aliphatic heterocycles. The highest BCUT2D eigenvalue weighted by atomic mass is 16.2. The zero-order valence-corrected chi connectivity index (χ0v) is 15.7. The van der Waals surface area contributed by atoms with Gasteiger partial charge in [-0.25, -0.2) is 0 Å². The summed E-state index contributed by atoms with van der Waals surface area (Å²) in [6.07, 6.45) is 1.12. The fourth-order valence-corrected chi connectivity index (χ4v) is 2.68. The number of amides is 2. The number of likely N-dealkylation sites (N-methyl/N-ethyl adjacent to an activating group) is 1. The molecule has 0 radical (unpaired) electrons. The van der Waals surface area contributed by atoms with E-state index in [1.54, 1.807) is 19.0 Å². The van der Waals surface area contributed by atoms with Gasteiger partial charge in [-0.1, -0.05) is 30.3 Å². The number of hydrogen-bond donors (Lipinski definition) is 1. The molecule has 2 amide bonds. The van der Waals surface area contributed by atoms with Gasteiger partial charge >= 0.3 is 0 Å². The highest BCUT2D eigenvalue weighted by Crippen LogP contribution is 2.15. The number of para-hydroxylation sites is 1. The number of hydrogen-bond acceptors (Lipinski definition) is 3. The molecule has 0 fully saturated rings. The molecular formula is C21H27N3O2. The molecule has 0 aliphatic carbocycles. The van der Waals surface area contributed by atoms with Crippen molar-refractivity contribution in [3.05, 3.63) is 60.2 Å². The summed E-state index contributed by atoms with van der Waals surface area (Å²) in [7, 11) is 3.51. The third-order valence-electron chi connectivity index (χ3n) is 4.17. The molecule has 0 saturated heterocycles. The quantitative estimate of drug-likeness (QED) is 0.793. The monoisotopic (exact) mass is 353 g/mol. The van der Waals surface area contributed by atoms with E-state index < -0.39 is 0 Å². The fraction of sp³-hybridized carbons (Fsp3) is 0.333. The Morgan fingerprint density at radius 1 is 1.00 bits per heavy atom. The maximum absolute atomic E-state index is 12.4. The van der Waals surface area contributed by atoms with Gasteiger partial charge in [0.05, 0.1) is 6.54 Å². The van der Waals surface area contributed by atoms with E-state index in [0.29, 0.717) is 19.4 Å². The number of benzene rings is 2. The Labute approximate surface area is 155 Å². The van der Waals surface area contributed by atoms with Gasteiger partial charge < -0.3 is 15.1 Å². The van der Waals surface area contributed by atoms with E-state index >= 15 is 0 Å². The highest BCUT2D eigenvalue weighted by Gasteiger charge is 2.10. The first-order valence-corrected chi connectivity index (χ1v) is 8.88. The molecule has 0 atom stereocenters. The Bertz CT molecular complexity index is 729. The van der Waals surface area contributed by atoms with Crippen molar-refractivity contribution < 1.29 is 9.59 Å². The first-order chi connectivity index (χ1) is 12.5. The van der Waals surface area contributed by atoms with Crippen molar-refractivity contribution in [3.8, 4) is 0 Å². The Kier molecular flexibility index (Phi) is 7.21. The van der Waals surface area contributed by atoms with Crippen molar-refractivity contribution >= 4 is 23.2 Å². The van der Waals surface area contributed by atoms with Crippen LogP contribution in [0, 0.1) is 0 Å². The number of anilines is 2. The maximum atomic E-state index is 12.4. The Balaban J connectivity index is 1.94. The number of carbonyl (C=O) groups excluding carboxylic acids is 2. The van der Waals surface area contributed by atoms with E-state index in [1.165, 1.54) is 0 Å². The molecule has 5 heteroatoms. The van der Waals surface area contributed by atoms with Gasteiger partial charge in [0.1, 0.15) is 0 Å². The number of nitrogens with one attached hydrogen (secondary N) is 1. The van der Waals surface area contributed by atoms with E-state index in [4.69, 9.17) is 0 Å². The summed E-state index contributed by atoms with van der Waals surface area (Å²) < 4.78 is 0. The molecule has 2 aromatic rings. The van der Waals surface area contributed by atoms with Crippen LogP contribution in [0.15, 0.2) is 54.6 Å². The van der Waals surface area contributed by atoms with Gasteiger partial charge in [-0.2, -0.15) is 0 Å². The van der Waals surface area contributed by atoms with Gasteiger partial charge in [0.15, 0.2) is 0 Å². The first kappa shape index (κ1) is 19.5. The third kappa shape index (κ3) is 5.92. The second-order valence-corrected chi connectivity index (χ2v) is 6.39. The minimum absolute atomic E-state index is 0.0581. The first-order valence-electron chi connectivity index (χ1n) is 8.88. The number of rotatable bonds is 8. The Morgan fingerprint density at radius 2 is 1.73 bits per heavy atom. The van der Waals surface area contributed by atoms with Crippen LogP contribution < -0.4 is 10.2 Å². The number of carbonyl (C=O) groups is 2. The van der Waals surface area contributed by atoms with Crippen molar-refractivity contribution in [2.75, 3.05) is 37.4 Å². The predicted molar refractivity (Wildman–Crippen MR) is 106 cm³/mol. The van der Waals surface area contributed by atoms with Crippen LogP contribution in [0.5, 0.6) is 0 Å². The molecule has 5 nitrogen and oxygen atoms in total. The summed E-state index contributed by atoms with van der Waals surface area (Å²) in [6, 6.07) is 17.6. The van der Waals surface area contributed by atoms with Crippen LogP contribution in [0.2, 0.25) is 0 Å². The van der Waals surface area contributed by atoms with Crippen molar-refractivity contribution in [1.82, 2.24) is 4.90 Å². The molecule has 26 heavy (non-hydrogen) atoms. The molecule has 0 heterocycles. The zero-order chi connectivity index (χ0) is 18.9. The van der Waals surface area contributed by atoms with Gasteiger partial charge in [0.25, 0.3) is 0 Å². The molecule has 0 aromatic heterocycles. The Hall–Kier alpha value is -2.82. The normalized spacial score (nSPS) is 10.3. The lowest BCUT2D eigenvalue weighted by atomic mass is 10.1. The lowest BCUT2D eigenvalue weighted by molar-refractivity contribution is -0.128. The second kappa shape index (κ2) is 9.61. The molecule has 0 unspecified atom stereocenters. The van der Waals surface area contributed by atoms with Crippen LogP contribution in [-0.2, 0) is 16.0 Å². The summed E-state index contributed by atoms with van der Waals surface area (Å²) in [5.74, 6) is 0.0399. The summed E-state index contributed by atoms with van der Waals surface area (Å²) in [5.41, 5.74) is 2.82. The molecule has 0 spiro atoms. The largest absolute Gasteiger partial charge is 0.362 e. The molecule has 2 aromatic carbocycles.